The number of amides is 1. The van der Waals surface area contributed by atoms with Crippen molar-refractivity contribution in [2.75, 3.05) is 18.6 Å². The predicted molar refractivity (Wildman–Crippen MR) is 65.6 cm³/mol. The van der Waals surface area contributed by atoms with Gasteiger partial charge in [-0.25, -0.2) is 0 Å². The zero-order valence-corrected chi connectivity index (χ0v) is 10.3. The molecule has 1 aromatic heterocycles. The third-order valence-electron chi connectivity index (χ3n) is 2.21. The summed E-state index contributed by atoms with van der Waals surface area (Å²) < 4.78 is 0. The first kappa shape index (κ1) is 13.0. The zero-order valence-electron chi connectivity index (χ0n) is 9.53. The Hall–Kier alpha value is -1.04. The minimum atomic E-state index is -0.155. The number of thioether (sulfide) groups is 1. The van der Waals surface area contributed by atoms with Gasteiger partial charge in [-0.1, -0.05) is 12.8 Å². The molecule has 0 radical (unpaired) electrons. The average Bonchev–Trinajstić information content (AvgIpc) is 2.81. The molecule has 0 aromatic carbocycles. The summed E-state index contributed by atoms with van der Waals surface area (Å²) in [6.07, 6.45) is 8.24. The van der Waals surface area contributed by atoms with Crippen LogP contribution in [0.2, 0.25) is 0 Å². The molecule has 1 amide bonds. The molecule has 0 aliphatic carbocycles. The Morgan fingerprint density at radius 2 is 2.25 bits per heavy atom. The molecule has 0 atom stereocenters. The van der Waals surface area contributed by atoms with Crippen LogP contribution in [0, 0.1) is 0 Å². The molecule has 0 saturated carbocycles. The van der Waals surface area contributed by atoms with Gasteiger partial charge in [0.1, 0.15) is 0 Å². The van der Waals surface area contributed by atoms with E-state index in [1.165, 1.54) is 31.2 Å². The first-order chi connectivity index (χ1) is 7.84. The molecule has 0 saturated heterocycles. The predicted octanol–water partition coefficient (Wildman–Crippen LogP) is 1.46. The molecule has 0 fully saturated rings. The molecule has 0 bridgehead atoms. The fourth-order valence-electron chi connectivity index (χ4n) is 1.33. The number of aromatic nitrogens is 3. The van der Waals surface area contributed by atoms with E-state index in [0.29, 0.717) is 12.2 Å². The summed E-state index contributed by atoms with van der Waals surface area (Å²) in [4.78, 5) is 11.4. The Morgan fingerprint density at radius 1 is 1.44 bits per heavy atom. The van der Waals surface area contributed by atoms with E-state index in [1.54, 1.807) is 0 Å². The van der Waals surface area contributed by atoms with Crippen molar-refractivity contribution >= 4 is 17.7 Å². The second kappa shape index (κ2) is 8.15. The van der Waals surface area contributed by atoms with Gasteiger partial charge in [0, 0.05) is 6.54 Å². The second-order valence-electron chi connectivity index (χ2n) is 3.52. The minimum Gasteiger partial charge on any atom is -0.351 e. The first-order valence-corrected chi connectivity index (χ1v) is 6.87. The van der Waals surface area contributed by atoms with Crippen LogP contribution in [0.15, 0.2) is 6.20 Å². The van der Waals surface area contributed by atoms with E-state index in [1.807, 2.05) is 11.8 Å². The standard InChI is InChI=1S/C10H18N4OS/c1-16-7-5-3-2-4-6-11-10(15)9-8-12-14-13-9/h8H,2-7H2,1H3,(H,11,15)(H,12,13,14). The van der Waals surface area contributed by atoms with E-state index in [9.17, 15) is 4.79 Å². The van der Waals surface area contributed by atoms with Gasteiger partial charge in [0.2, 0.25) is 0 Å². The number of carbonyl (C=O) groups excluding carboxylic acids is 1. The highest BCUT2D eigenvalue weighted by Crippen LogP contribution is 2.03. The average molecular weight is 242 g/mol. The van der Waals surface area contributed by atoms with Crippen LogP contribution in [-0.2, 0) is 0 Å². The molecule has 1 heterocycles. The van der Waals surface area contributed by atoms with E-state index >= 15 is 0 Å². The number of H-pyrrole nitrogens is 1. The van der Waals surface area contributed by atoms with Crippen molar-refractivity contribution < 1.29 is 4.79 Å². The largest absolute Gasteiger partial charge is 0.351 e. The highest BCUT2D eigenvalue weighted by molar-refractivity contribution is 7.98. The van der Waals surface area contributed by atoms with Crippen molar-refractivity contribution in [2.45, 2.75) is 25.7 Å². The van der Waals surface area contributed by atoms with Crippen LogP contribution in [-0.4, -0.2) is 39.9 Å². The lowest BCUT2D eigenvalue weighted by Crippen LogP contribution is -2.24. The summed E-state index contributed by atoms with van der Waals surface area (Å²) in [5.74, 6) is 1.07. The summed E-state index contributed by atoms with van der Waals surface area (Å²) in [6.45, 7) is 0.713. The van der Waals surface area contributed by atoms with Crippen molar-refractivity contribution in [1.82, 2.24) is 20.7 Å². The lowest BCUT2D eigenvalue weighted by Gasteiger charge is -2.02. The number of nitrogens with one attached hydrogen (secondary N) is 2. The number of nitrogens with zero attached hydrogens (tertiary/aromatic N) is 2. The van der Waals surface area contributed by atoms with Crippen molar-refractivity contribution in [3.63, 3.8) is 0 Å². The van der Waals surface area contributed by atoms with Gasteiger partial charge in [-0.05, 0) is 24.9 Å². The van der Waals surface area contributed by atoms with E-state index in [0.717, 1.165) is 6.42 Å². The summed E-state index contributed by atoms with van der Waals surface area (Å²) in [6, 6.07) is 0. The van der Waals surface area contributed by atoms with E-state index in [2.05, 4.69) is 27.0 Å². The van der Waals surface area contributed by atoms with Crippen LogP contribution in [0.1, 0.15) is 36.2 Å². The Morgan fingerprint density at radius 3 is 2.94 bits per heavy atom. The van der Waals surface area contributed by atoms with Crippen molar-refractivity contribution in [1.29, 1.82) is 0 Å². The normalized spacial score (nSPS) is 10.3. The third-order valence-corrected chi connectivity index (χ3v) is 2.91. The molecule has 0 aliphatic rings. The maximum Gasteiger partial charge on any atom is 0.273 e. The topological polar surface area (TPSA) is 70.7 Å². The van der Waals surface area contributed by atoms with E-state index in [-0.39, 0.29) is 5.91 Å². The van der Waals surface area contributed by atoms with Crippen LogP contribution in [0.4, 0.5) is 0 Å². The molecule has 16 heavy (non-hydrogen) atoms. The molecule has 90 valence electrons. The molecule has 0 aliphatic heterocycles. The number of rotatable bonds is 8. The summed E-state index contributed by atoms with van der Waals surface area (Å²) in [7, 11) is 0. The van der Waals surface area contributed by atoms with Crippen molar-refractivity contribution in [2.24, 2.45) is 0 Å². The quantitative estimate of drug-likeness (QED) is 0.677. The molecule has 6 heteroatoms. The van der Waals surface area contributed by atoms with Gasteiger partial charge in [-0.15, -0.1) is 0 Å². The summed E-state index contributed by atoms with van der Waals surface area (Å²) >= 11 is 1.88. The van der Waals surface area contributed by atoms with Crippen LogP contribution < -0.4 is 5.32 Å². The molecule has 1 aromatic rings. The van der Waals surface area contributed by atoms with Gasteiger partial charge in [0.05, 0.1) is 6.20 Å². The molecule has 2 N–H and O–H groups in total. The Kier molecular flexibility index (Phi) is 6.64. The maximum atomic E-state index is 11.4. The molecular weight excluding hydrogens is 224 g/mol. The highest BCUT2D eigenvalue weighted by Gasteiger charge is 2.06. The SMILES string of the molecule is CSCCCCCCNC(=O)c1cn[nH]n1. The van der Waals surface area contributed by atoms with Crippen molar-refractivity contribution in [3.8, 4) is 0 Å². The first-order valence-electron chi connectivity index (χ1n) is 5.47. The van der Waals surface area contributed by atoms with E-state index < -0.39 is 0 Å². The molecule has 0 spiro atoms. The third kappa shape index (κ3) is 5.16. The van der Waals surface area contributed by atoms with Gasteiger partial charge >= 0.3 is 0 Å². The molecule has 1 rings (SSSR count). The minimum absolute atomic E-state index is 0.155. The van der Waals surface area contributed by atoms with Crippen LogP contribution in [0.3, 0.4) is 0 Å². The Bertz CT molecular complexity index is 289. The van der Waals surface area contributed by atoms with E-state index in [4.69, 9.17) is 0 Å². The van der Waals surface area contributed by atoms with Crippen molar-refractivity contribution in [3.05, 3.63) is 11.9 Å². The smallest absolute Gasteiger partial charge is 0.273 e. The Labute approximate surface area is 99.8 Å². The molecule has 0 unspecified atom stereocenters. The summed E-state index contributed by atoms with van der Waals surface area (Å²) in [5, 5.41) is 12.5. The fraction of sp³-hybridized carbons (Fsp3) is 0.700. The number of unbranched alkanes of at least 4 members (excludes halogenated alkanes) is 3. The Balaban J connectivity index is 1.97. The monoisotopic (exact) mass is 242 g/mol. The highest BCUT2D eigenvalue weighted by atomic mass is 32.2. The lowest BCUT2D eigenvalue weighted by atomic mass is 10.2. The lowest BCUT2D eigenvalue weighted by molar-refractivity contribution is 0.0948. The number of hydrogen-bond acceptors (Lipinski definition) is 4. The van der Waals surface area contributed by atoms with Crippen LogP contribution in [0.5, 0.6) is 0 Å². The molecular formula is C10H18N4OS. The number of carbonyl (C=O) groups is 1. The molecule has 5 nitrogen and oxygen atoms in total. The van der Waals surface area contributed by atoms with Gasteiger partial charge < -0.3 is 5.32 Å². The second-order valence-corrected chi connectivity index (χ2v) is 4.50. The fourth-order valence-corrected chi connectivity index (χ4v) is 1.82. The van der Waals surface area contributed by atoms with Crippen LogP contribution in [0.25, 0.3) is 0 Å². The van der Waals surface area contributed by atoms with Gasteiger partial charge in [-0.3, -0.25) is 4.79 Å². The van der Waals surface area contributed by atoms with Crippen LogP contribution >= 0.6 is 11.8 Å². The number of aromatic amines is 1. The van der Waals surface area contributed by atoms with Gasteiger partial charge in [-0.2, -0.15) is 27.2 Å². The zero-order chi connectivity index (χ0) is 11.6. The van der Waals surface area contributed by atoms with Gasteiger partial charge in [0.15, 0.2) is 5.69 Å². The summed E-state index contributed by atoms with van der Waals surface area (Å²) in [5.41, 5.74) is 0.349. The number of hydrogen-bond donors (Lipinski definition) is 2. The maximum absolute atomic E-state index is 11.4. The van der Waals surface area contributed by atoms with Gasteiger partial charge in [0.25, 0.3) is 5.91 Å².